The van der Waals surface area contributed by atoms with Crippen LogP contribution in [-0.2, 0) is 13.0 Å². The van der Waals surface area contributed by atoms with E-state index in [-0.39, 0.29) is 0 Å². The van der Waals surface area contributed by atoms with Crippen LogP contribution in [0.5, 0.6) is 0 Å². The van der Waals surface area contributed by atoms with Crippen LogP contribution in [0.2, 0.25) is 0 Å². The summed E-state index contributed by atoms with van der Waals surface area (Å²) in [6.07, 6.45) is 2.08. The van der Waals surface area contributed by atoms with Crippen LogP contribution in [0.3, 0.4) is 0 Å². The van der Waals surface area contributed by atoms with E-state index in [9.17, 15) is 0 Å². The Morgan fingerprint density at radius 3 is 2.65 bits per heavy atom. The molecule has 0 fully saturated rings. The number of nitrogens with zero attached hydrogens (tertiary/aromatic N) is 2. The van der Waals surface area contributed by atoms with Gasteiger partial charge in [-0.05, 0) is 48.7 Å². The highest BCUT2D eigenvalue weighted by Gasteiger charge is 2.08. The standard InChI is InChI=1S/C17H23N3/c1-4-6-15-10-14(12-18)11-17(19-15)20(3)16-8-5-7-13(2)9-16/h5,7-11H,4,6,12,18H2,1-3H3. The first kappa shape index (κ1) is 14.5. The van der Waals surface area contributed by atoms with Gasteiger partial charge in [-0.15, -0.1) is 0 Å². The van der Waals surface area contributed by atoms with E-state index in [4.69, 9.17) is 10.7 Å². The third-order valence-corrected chi connectivity index (χ3v) is 3.40. The van der Waals surface area contributed by atoms with Crippen molar-refractivity contribution >= 4 is 11.5 Å². The summed E-state index contributed by atoms with van der Waals surface area (Å²) in [6.45, 7) is 4.82. The molecule has 0 saturated heterocycles. The van der Waals surface area contributed by atoms with Crippen LogP contribution >= 0.6 is 0 Å². The number of benzene rings is 1. The Bertz CT molecular complexity index is 578. The number of aromatic nitrogens is 1. The molecule has 20 heavy (non-hydrogen) atoms. The molecule has 1 heterocycles. The number of aryl methyl sites for hydroxylation is 2. The van der Waals surface area contributed by atoms with E-state index in [1.54, 1.807) is 0 Å². The van der Waals surface area contributed by atoms with Gasteiger partial charge in [-0.3, -0.25) is 0 Å². The Hall–Kier alpha value is -1.87. The normalized spacial score (nSPS) is 10.6. The Kier molecular flexibility index (Phi) is 4.74. The molecule has 0 saturated carbocycles. The van der Waals surface area contributed by atoms with Crippen molar-refractivity contribution in [2.75, 3.05) is 11.9 Å². The first-order valence-corrected chi connectivity index (χ1v) is 7.14. The summed E-state index contributed by atoms with van der Waals surface area (Å²) in [5.74, 6) is 0.960. The van der Waals surface area contributed by atoms with Crippen LogP contribution in [0.1, 0.15) is 30.2 Å². The molecule has 1 aromatic heterocycles. The second kappa shape index (κ2) is 6.53. The zero-order valence-electron chi connectivity index (χ0n) is 12.6. The molecule has 106 valence electrons. The maximum absolute atomic E-state index is 5.80. The van der Waals surface area contributed by atoms with Gasteiger partial charge in [-0.2, -0.15) is 0 Å². The summed E-state index contributed by atoms with van der Waals surface area (Å²) in [6, 6.07) is 12.6. The third kappa shape index (κ3) is 3.36. The number of pyridine rings is 1. The van der Waals surface area contributed by atoms with Gasteiger partial charge in [0.25, 0.3) is 0 Å². The Morgan fingerprint density at radius 2 is 2.00 bits per heavy atom. The number of anilines is 2. The lowest BCUT2D eigenvalue weighted by Gasteiger charge is -2.20. The second-order valence-electron chi connectivity index (χ2n) is 5.18. The lowest BCUT2D eigenvalue weighted by atomic mass is 10.1. The first-order valence-electron chi connectivity index (χ1n) is 7.14. The Labute approximate surface area is 121 Å². The van der Waals surface area contributed by atoms with Crippen LogP contribution in [-0.4, -0.2) is 12.0 Å². The Morgan fingerprint density at radius 1 is 1.20 bits per heavy atom. The van der Waals surface area contributed by atoms with Gasteiger partial charge in [0.1, 0.15) is 5.82 Å². The molecule has 0 aliphatic heterocycles. The fourth-order valence-corrected chi connectivity index (χ4v) is 2.28. The van der Waals surface area contributed by atoms with Crippen molar-refractivity contribution < 1.29 is 0 Å². The fraction of sp³-hybridized carbons (Fsp3) is 0.353. The average molecular weight is 269 g/mol. The quantitative estimate of drug-likeness (QED) is 0.902. The smallest absolute Gasteiger partial charge is 0.133 e. The molecule has 0 amide bonds. The van der Waals surface area contributed by atoms with E-state index in [0.717, 1.165) is 35.6 Å². The van der Waals surface area contributed by atoms with Crippen molar-refractivity contribution in [2.24, 2.45) is 5.73 Å². The first-order chi connectivity index (χ1) is 9.63. The summed E-state index contributed by atoms with van der Waals surface area (Å²) in [7, 11) is 2.05. The molecule has 2 rings (SSSR count). The molecule has 3 nitrogen and oxygen atoms in total. The van der Waals surface area contributed by atoms with E-state index < -0.39 is 0 Å². The summed E-state index contributed by atoms with van der Waals surface area (Å²) in [5.41, 5.74) is 10.4. The highest BCUT2D eigenvalue weighted by atomic mass is 15.2. The van der Waals surface area contributed by atoms with Crippen molar-refractivity contribution in [3.8, 4) is 0 Å². The van der Waals surface area contributed by atoms with Crippen LogP contribution < -0.4 is 10.6 Å². The van der Waals surface area contributed by atoms with Gasteiger partial charge < -0.3 is 10.6 Å². The lowest BCUT2D eigenvalue weighted by molar-refractivity contribution is 0.870. The highest BCUT2D eigenvalue weighted by Crippen LogP contribution is 2.24. The molecular formula is C17H23N3. The summed E-state index contributed by atoms with van der Waals surface area (Å²) in [5, 5.41) is 0. The molecule has 0 radical (unpaired) electrons. The molecule has 2 N–H and O–H groups in total. The van der Waals surface area contributed by atoms with Gasteiger partial charge >= 0.3 is 0 Å². The minimum atomic E-state index is 0.549. The summed E-state index contributed by atoms with van der Waals surface area (Å²) in [4.78, 5) is 6.86. The van der Waals surface area contributed by atoms with Gasteiger partial charge in [0, 0.05) is 25.0 Å². The summed E-state index contributed by atoms with van der Waals surface area (Å²) >= 11 is 0. The maximum Gasteiger partial charge on any atom is 0.133 e. The topological polar surface area (TPSA) is 42.1 Å². The number of hydrogen-bond acceptors (Lipinski definition) is 3. The maximum atomic E-state index is 5.80. The zero-order chi connectivity index (χ0) is 14.5. The van der Waals surface area contributed by atoms with Gasteiger partial charge in [0.2, 0.25) is 0 Å². The van der Waals surface area contributed by atoms with Crippen LogP contribution in [0, 0.1) is 6.92 Å². The van der Waals surface area contributed by atoms with E-state index in [2.05, 4.69) is 55.1 Å². The third-order valence-electron chi connectivity index (χ3n) is 3.40. The van der Waals surface area contributed by atoms with Gasteiger partial charge in [-0.1, -0.05) is 25.5 Å². The van der Waals surface area contributed by atoms with E-state index >= 15 is 0 Å². The van der Waals surface area contributed by atoms with Crippen molar-refractivity contribution in [3.63, 3.8) is 0 Å². The molecule has 0 aliphatic carbocycles. The van der Waals surface area contributed by atoms with Gasteiger partial charge in [0.15, 0.2) is 0 Å². The van der Waals surface area contributed by atoms with Crippen molar-refractivity contribution in [3.05, 3.63) is 53.2 Å². The molecule has 2 aromatic rings. The van der Waals surface area contributed by atoms with E-state index in [1.807, 2.05) is 7.05 Å². The number of rotatable bonds is 5. The SMILES string of the molecule is CCCc1cc(CN)cc(N(C)c2cccc(C)c2)n1. The Balaban J connectivity index is 2.37. The van der Waals surface area contributed by atoms with Crippen LogP contribution in [0.25, 0.3) is 0 Å². The predicted octanol–water partition coefficient (Wildman–Crippen LogP) is 3.57. The molecule has 0 unspecified atom stereocenters. The van der Waals surface area contributed by atoms with E-state index in [1.165, 1.54) is 5.56 Å². The molecule has 3 heteroatoms. The monoisotopic (exact) mass is 269 g/mol. The van der Waals surface area contributed by atoms with Crippen molar-refractivity contribution in [1.29, 1.82) is 0 Å². The van der Waals surface area contributed by atoms with Crippen LogP contribution in [0.4, 0.5) is 11.5 Å². The minimum absolute atomic E-state index is 0.549. The van der Waals surface area contributed by atoms with E-state index in [0.29, 0.717) is 6.54 Å². The van der Waals surface area contributed by atoms with Crippen molar-refractivity contribution in [2.45, 2.75) is 33.2 Å². The van der Waals surface area contributed by atoms with Crippen molar-refractivity contribution in [1.82, 2.24) is 4.98 Å². The molecule has 0 atom stereocenters. The number of hydrogen-bond donors (Lipinski definition) is 1. The highest BCUT2D eigenvalue weighted by molar-refractivity contribution is 5.60. The van der Waals surface area contributed by atoms with Gasteiger partial charge in [0.05, 0.1) is 0 Å². The molecular weight excluding hydrogens is 246 g/mol. The minimum Gasteiger partial charge on any atom is -0.329 e. The predicted molar refractivity (Wildman–Crippen MR) is 85.4 cm³/mol. The van der Waals surface area contributed by atoms with Crippen LogP contribution in [0.15, 0.2) is 36.4 Å². The zero-order valence-corrected chi connectivity index (χ0v) is 12.6. The molecule has 0 aliphatic rings. The molecule has 0 bridgehead atoms. The summed E-state index contributed by atoms with van der Waals surface area (Å²) < 4.78 is 0. The largest absolute Gasteiger partial charge is 0.329 e. The molecule has 1 aromatic carbocycles. The fourth-order valence-electron chi connectivity index (χ4n) is 2.28. The number of nitrogens with two attached hydrogens (primary N) is 1. The lowest BCUT2D eigenvalue weighted by Crippen LogP contribution is -2.13. The van der Waals surface area contributed by atoms with Gasteiger partial charge in [-0.25, -0.2) is 4.98 Å². The second-order valence-corrected chi connectivity index (χ2v) is 5.18. The molecule has 0 spiro atoms. The average Bonchev–Trinajstić information content (AvgIpc) is 2.46.